The number of amides is 1. The van der Waals surface area contributed by atoms with Crippen molar-refractivity contribution in [1.29, 1.82) is 0 Å². The summed E-state index contributed by atoms with van der Waals surface area (Å²) in [6, 6.07) is -0.636. The van der Waals surface area contributed by atoms with E-state index in [1.807, 2.05) is 6.08 Å². The van der Waals surface area contributed by atoms with Crippen LogP contribution in [0, 0.1) is 0 Å². The van der Waals surface area contributed by atoms with Crippen molar-refractivity contribution in [2.75, 3.05) is 13.2 Å². The van der Waals surface area contributed by atoms with E-state index in [9.17, 15) is 19.8 Å². The van der Waals surface area contributed by atoms with Gasteiger partial charge in [0.1, 0.15) is 0 Å². The van der Waals surface area contributed by atoms with Crippen molar-refractivity contribution < 1.29 is 24.5 Å². The van der Waals surface area contributed by atoms with Crippen LogP contribution in [-0.4, -0.2) is 47.4 Å². The zero-order valence-electron chi connectivity index (χ0n) is 48.2. The van der Waals surface area contributed by atoms with Crippen LogP contribution in [0.2, 0.25) is 0 Å². The van der Waals surface area contributed by atoms with Crippen LogP contribution in [0.25, 0.3) is 0 Å². The Morgan fingerprint density at radius 1 is 0.389 bits per heavy atom. The molecule has 0 saturated carbocycles. The van der Waals surface area contributed by atoms with Crippen molar-refractivity contribution in [3.05, 3.63) is 48.6 Å². The third kappa shape index (κ3) is 57.1. The van der Waals surface area contributed by atoms with Gasteiger partial charge in [0, 0.05) is 12.8 Å². The minimum atomic E-state index is -0.852. The Bertz CT molecular complexity index is 1210. The van der Waals surface area contributed by atoms with Gasteiger partial charge >= 0.3 is 5.97 Å². The molecule has 0 rings (SSSR count). The molecule has 0 aliphatic heterocycles. The lowest BCUT2D eigenvalue weighted by Gasteiger charge is -2.20. The quantitative estimate of drug-likeness (QED) is 0.0320. The van der Waals surface area contributed by atoms with Gasteiger partial charge in [-0.3, -0.25) is 9.59 Å². The molecular formula is C66H123NO5. The molecule has 0 spiro atoms. The molecule has 2 unspecified atom stereocenters. The Hall–Kier alpha value is -2.18. The number of aliphatic hydroxyl groups excluding tert-OH is 2. The average Bonchev–Trinajstić information content (AvgIpc) is 3.38. The second kappa shape index (κ2) is 61.4. The van der Waals surface area contributed by atoms with Crippen molar-refractivity contribution in [2.45, 2.75) is 347 Å². The second-order valence-corrected chi connectivity index (χ2v) is 21.7. The molecule has 422 valence electrons. The second-order valence-electron chi connectivity index (χ2n) is 21.7. The van der Waals surface area contributed by atoms with Gasteiger partial charge in [0.15, 0.2) is 0 Å². The van der Waals surface area contributed by atoms with Crippen LogP contribution < -0.4 is 5.32 Å². The highest BCUT2D eigenvalue weighted by Crippen LogP contribution is 2.17. The molecule has 1 amide bonds. The van der Waals surface area contributed by atoms with Crippen molar-refractivity contribution >= 4 is 11.9 Å². The fourth-order valence-electron chi connectivity index (χ4n) is 9.66. The molecule has 0 aromatic carbocycles. The van der Waals surface area contributed by atoms with Gasteiger partial charge in [-0.15, -0.1) is 0 Å². The van der Waals surface area contributed by atoms with E-state index in [0.717, 1.165) is 57.8 Å². The molecule has 6 heteroatoms. The Labute approximate surface area is 448 Å². The Morgan fingerprint density at radius 3 is 1.08 bits per heavy atom. The molecule has 0 heterocycles. The van der Waals surface area contributed by atoms with E-state index >= 15 is 0 Å². The van der Waals surface area contributed by atoms with Crippen molar-refractivity contribution in [2.24, 2.45) is 0 Å². The molecule has 2 atom stereocenters. The summed E-state index contributed by atoms with van der Waals surface area (Å²) in [4.78, 5) is 24.6. The largest absolute Gasteiger partial charge is 0.466 e. The van der Waals surface area contributed by atoms with E-state index in [2.05, 4.69) is 55.6 Å². The number of hydrogen-bond acceptors (Lipinski definition) is 5. The van der Waals surface area contributed by atoms with Gasteiger partial charge in [0.2, 0.25) is 5.91 Å². The Kier molecular flexibility index (Phi) is 59.5. The molecule has 0 aliphatic carbocycles. The highest BCUT2D eigenvalue weighted by molar-refractivity contribution is 5.76. The number of nitrogens with one attached hydrogen (secondary N) is 1. The molecule has 72 heavy (non-hydrogen) atoms. The van der Waals surface area contributed by atoms with E-state index in [1.165, 1.54) is 250 Å². The maximum Gasteiger partial charge on any atom is 0.305 e. The number of allylic oxidation sites excluding steroid dienone is 7. The minimum absolute atomic E-state index is 0.00801. The van der Waals surface area contributed by atoms with Crippen LogP contribution in [0.3, 0.4) is 0 Å². The van der Waals surface area contributed by atoms with Crippen molar-refractivity contribution in [1.82, 2.24) is 5.32 Å². The predicted octanol–water partition coefficient (Wildman–Crippen LogP) is 20.1. The van der Waals surface area contributed by atoms with Gasteiger partial charge in [-0.25, -0.2) is 0 Å². The van der Waals surface area contributed by atoms with Gasteiger partial charge < -0.3 is 20.3 Å². The first-order valence-electron chi connectivity index (χ1n) is 31.9. The molecule has 0 aromatic heterocycles. The summed E-state index contributed by atoms with van der Waals surface area (Å²) in [6.07, 6.45) is 78.6. The van der Waals surface area contributed by atoms with E-state index in [1.54, 1.807) is 6.08 Å². The molecule has 0 saturated heterocycles. The fraction of sp³-hybridized carbons (Fsp3) is 0.848. The summed E-state index contributed by atoms with van der Waals surface area (Å²) in [5, 5.41) is 23.2. The number of ether oxygens (including phenoxy) is 1. The zero-order chi connectivity index (χ0) is 52.2. The van der Waals surface area contributed by atoms with E-state index in [-0.39, 0.29) is 18.5 Å². The summed E-state index contributed by atoms with van der Waals surface area (Å²) in [7, 11) is 0. The standard InChI is InChI=1S/C66H123NO5/c1-3-5-7-9-11-13-15-17-19-21-24-27-30-34-38-42-46-50-54-58-64(69)63(62-68)67-65(70)59-55-51-47-43-39-35-31-28-25-22-23-26-29-33-37-41-45-49-53-57-61-72-66(71)60-56-52-48-44-40-36-32-20-18-16-14-12-10-8-6-4-2/h14,16,20,22,25,32,54,58,63-64,68-69H,3-13,15,17-19,21,23-24,26-31,33-53,55-57,59-62H2,1-2H3,(H,67,70)/b16-14-,25-22-,32-20-,58-54+. The van der Waals surface area contributed by atoms with E-state index < -0.39 is 12.1 Å². The third-order valence-corrected chi connectivity index (χ3v) is 14.6. The molecule has 0 bridgehead atoms. The van der Waals surface area contributed by atoms with Crippen LogP contribution in [-0.2, 0) is 14.3 Å². The van der Waals surface area contributed by atoms with E-state index in [4.69, 9.17) is 4.74 Å². The zero-order valence-corrected chi connectivity index (χ0v) is 48.2. The molecule has 0 fully saturated rings. The highest BCUT2D eigenvalue weighted by atomic mass is 16.5. The summed E-state index contributed by atoms with van der Waals surface area (Å²) in [5.41, 5.74) is 0. The number of aliphatic hydroxyl groups is 2. The normalized spacial score (nSPS) is 12.9. The van der Waals surface area contributed by atoms with Crippen LogP contribution in [0.5, 0.6) is 0 Å². The molecule has 0 aromatic rings. The van der Waals surface area contributed by atoms with Gasteiger partial charge in [-0.2, -0.15) is 0 Å². The number of rotatable bonds is 59. The minimum Gasteiger partial charge on any atom is -0.466 e. The first-order valence-corrected chi connectivity index (χ1v) is 31.9. The third-order valence-electron chi connectivity index (χ3n) is 14.6. The monoisotopic (exact) mass is 1010 g/mol. The number of carbonyl (C=O) groups is 2. The first-order chi connectivity index (χ1) is 35.5. The lowest BCUT2D eigenvalue weighted by atomic mass is 10.0. The Morgan fingerprint density at radius 2 is 0.694 bits per heavy atom. The van der Waals surface area contributed by atoms with Gasteiger partial charge in [-0.1, -0.05) is 281 Å². The lowest BCUT2D eigenvalue weighted by molar-refractivity contribution is -0.143. The van der Waals surface area contributed by atoms with Gasteiger partial charge in [0.25, 0.3) is 0 Å². The number of hydrogen-bond donors (Lipinski definition) is 3. The Balaban J connectivity index is 3.47. The van der Waals surface area contributed by atoms with Crippen LogP contribution >= 0.6 is 0 Å². The maximum absolute atomic E-state index is 12.5. The molecule has 3 N–H and O–H groups in total. The number of carbonyl (C=O) groups excluding carboxylic acids is 2. The first kappa shape index (κ1) is 69.8. The number of esters is 1. The van der Waals surface area contributed by atoms with Crippen molar-refractivity contribution in [3.63, 3.8) is 0 Å². The van der Waals surface area contributed by atoms with Crippen LogP contribution in [0.15, 0.2) is 48.6 Å². The molecule has 6 nitrogen and oxygen atoms in total. The maximum atomic E-state index is 12.5. The summed E-state index contributed by atoms with van der Waals surface area (Å²) in [5.74, 6) is -0.0832. The topological polar surface area (TPSA) is 95.9 Å². The van der Waals surface area contributed by atoms with Crippen LogP contribution in [0.4, 0.5) is 0 Å². The lowest BCUT2D eigenvalue weighted by Crippen LogP contribution is -2.45. The molecular weight excluding hydrogens is 887 g/mol. The van der Waals surface area contributed by atoms with Crippen molar-refractivity contribution in [3.8, 4) is 0 Å². The SMILES string of the molecule is CCCCCC/C=C\C/C=C\CCCCCCCC(=O)OCCCCCCCCCCC/C=C\CCCCCCCCCC(=O)NC(CO)C(O)/C=C/CCCCCCCCCCCCCCCCCCC. The van der Waals surface area contributed by atoms with E-state index in [0.29, 0.717) is 19.4 Å². The average molecular weight is 1010 g/mol. The van der Waals surface area contributed by atoms with Gasteiger partial charge in [0.05, 0.1) is 25.4 Å². The highest BCUT2D eigenvalue weighted by Gasteiger charge is 2.18. The number of unbranched alkanes of at least 4 members (excludes halogenated alkanes) is 42. The summed E-state index contributed by atoms with van der Waals surface area (Å²) >= 11 is 0. The molecule has 0 aliphatic rings. The summed E-state index contributed by atoms with van der Waals surface area (Å²) in [6.45, 7) is 4.89. The fourth-order valence-corrected chi connectivity index (χ4v) is 9.66. The predicted molar refractivity (Wildman–Crippen MR) is 315 cm³/mol. The summed E-state index contributed by atoms with van der Waals surface area (Å²) < 4.78 is 5.48. The molecule has 0 radical (unpaired) electrons. The van der Waals surface area contributed by atoms with Gasteiger partial charge in [-0.05, 0) is 89.9 Å². The smallest absolute Gasteiger partial charge is 0.305 e. The van der Waals surface area contributed by atoms with Crippen LogP contribution in [0.1, 0.15) is 335 Å².